The fourth-order valence-electron chi connectivity index (χ4n) is 2.77. The number of carbonyl (C=O) groups excluding carboxylic acids is 1. The summed E-state index contributed by atoms with van der Waals surface area (Å²) >= 11 is 0. The van der Waals surface area contributed by atoms with Crippen molar-refractivity contribution < 1.29 is 9.53 Å². The minimum atomic E-state index is -0.147. The topological polar surface area (TPSA) is 47.4 Å². The van der Waals surface area contributed by atoms with E-state index in [2.05, 4.69) is 9.88 Å². The van der Waals surface area contributed by atoms with E-state index in [0.29, 0.717) is 12.6 Å². The van der Waals surface area contributed by atoms with E-state index in [0.717, 1.165) is 18.8 Å². The van der Waals surface area contributed by atoms with Gasteiger partial charge in [-0.2, -0.15) is 0 Å². The lowest BCUT2D eigenvalue weighted by molar-refractivity contribution is -0.142. The summed E-state index contributed by atoms with van der Waals surface area (Å²) in [4.78, 5) is 18.1. The number of ether oxygens (including phenoxy) is 1. The summed E-state index contributed by atoms with van der Waals surface area (Å²) in [6.07, 6.45) is 9.56. The van der Waals surface area contributed by atoms with E-state index in [-0.39, 0.29) is 5.97 Å². The summed E-state index contributed by atoms with van der Waals surface area (Å²) in [5.74, 6) is 0.916. The van der Waals surface area contributed by atoms with Crippen molar-refractivity contribution in [3.05, 3.63) is 18.2 Å². The van der Waals surface area contributed by atoms with Crippen LogP contribution in [0.3, 0.4) is 0 Å². The van der Waals surface area contributed by atoms with Crippen molar-refractivity contribution in [2.45, 2.75) is 38.1 Å². The number of hydrogen-bond acceptors (Lipinski definition) is 4. The molecule has 0 N–H and O–H groups in total. The fourth-order valence-corrected chi connectivity index (χ4v) is 2.77. The van der Waals surface area contributed by atoms with E-state index < -0.39 is 0 Å². The Kier molecular flexibility index (Phi) is 4.96. The molecule has 1 aromatic rings. The van der Waals surface area contributed by atoms with Gasteiger partial charge in [-0.15, -0.1) is 0 Å². The normalized spacial score (nSPS) is 16.2. The summed E-state index contributed by atoms with van der Waals surface area (Å²) in [5, 5.41) is 0. The molecule has 5 nitrogen and oxygen atoms in total. The highest BCUT2D eigenvalue weighted by molar-refractivity contribution is 5.71. The van der Waals surface area contributed by atoms with Gasteiger partial charge in [0.1, 0.15) is 5.82 Å². The highest BCUT2D eigenvalue weighted by Gasteiger charge is 2.24. The Morgan fingerprint density at radius 2 is 2.26 bits per heavy atom. The van der Waals surface area contributed by atoms with Gasteiger partial charge >= 0.3 is 5.97 Å². The third-order valence-corrected chi connectivity index (χ3v) is 3.94. The maximum atomic E-state index is 11.5. The van der Waals surface area contributed by atoms with E-state index >= 15 is 0 Å². The average molecular weight is 265 g/mol. The van der Waals surface area contributed by atoms with E-state index in [9.17, 15) is 4.79 Å². The predicted octanol–water partition coefficient (Wildman–Crippen LogP) is 1.38. The van der Waals surface area contributed by atoms with Gasteiger partial charge in [-0.1, -0.05) is 12.8 Å². The molecule has 1 aliphatic rings. The molecule has 106 valence electrons. The fraction of sp³-hybridized carbons (Fsp3) is 0.714. The van der Waals surface area contributed by atoms with Gasteiger partial charge in [0.25, 0.3) is 0 Å². The Morgan fingerprint density at radius 1 is 1.53 bits per heavy atom. The van der Waals surface area contributed by atoms with Crippen LogP contribution < -0.4 is 0 Å². The van der Waals surface area contributed by atoms with Crippen molar-refractivity contribution in [3.8, 4) is 0 Å². The summed E-state index contributed by atoms with van der Waals surface area (Å²) < 4.78 is 6.83. The first-order valence-electron chi connectivity index (χ1n) is 6.97. The number of aromatic nitrogens is 2. The number of methoxy groups -OCH3 is 1. The second-order valence-electron chi connectivity index (χ2n) is 5.19. The first-order chi connectivity index (χ1) is 9.20. The Bertz CT molecular complexity index is 411. The Labute approximate surface area is 114 Å². The van der Waals surface area contributed by atoms with Gasteiger partial charge in [-0.3, -0.25) is 9.69 Å². The number of esters is 1. The molecule has 0 aromatic carbocycles. The molecule has 1 aliphatic carbocycles. The van der Waals surface area contributed by atoms with Crippen LogP contribution in [0.25, 0.3) is 0 Å². The summed E-state index contributed by atoms with van der Waals surface area (Å²) in [5.41, 5.74) is 0. The molecule has 1 aromatic heterocycles. The minimum Gasteiger partial charge on any atom is -0.468 e. The van der Waals surface area contributed by atoms with Crippen molar-refractivity contribution >= 4 is 5.97 Å². The smallest absolute Gasteiger partial charge is 0.319 e. The molecule has 1 heterocycles. The first-order valence-corrected chi connectivity index (χ1v) is 6.97. The molecule has 0 bridgehead atoms. The molecule has 5 heteroatoms. The van der Waals surface area contributed by atoms with Gasteiger partial charge in [0.15, 0.2) is 0 Å². The van der Waals surface area contributed by atoms with Crippen LogP contribution >= 0.6 is 0 Å². The molecule has 0 aliphatic heterocycles. The maximum Gasteiger partial charge on any atom is 0.319 e. The summed E-state index contributed by atoms with van der Waals surface area (Å²) in [6.45, 7) is 1.26. The molecule has 1 saturated carbocycles. The number of hydrogen-bond donors (Lipinski definition) is 0. The number of aryl methyl sites for hydroxylation is 1. The van der Waals surface area contributed by atoms with E-state index in [4.69, 9.17) is 4.74 Å². The Balaban J connectivity index is 1.92. The summed E-state index contributed by atoms with van der Waals surface area (Å²) in [6, 6.07) is 0.527. The monoisotopic (exact) mass is 265 g/mol. The van der Waals surface area contributed by atoms with Gasteiger partial charge in [0, 0.05) is 38.4 Å². The molecule has 2 rings (SSSR count). The largest absolute Gasteiger partial charge is 0.468 e. The zero-order chi connectivity index (χ0) is 13.7. The molecular weight excluding hydrogens is 242 g/mol. The average Bonchev–Trinajstić information content (AvgIpc) is 3.06. The van der Waals surface area contributed by atoms with Crippen LogP contribution in [0.1, 0.15) is 31.5 Å². The van der Waals surface area contributed by atoms with Crippen LogP contribution in [-0.2, 0) is 23.0 Å². The Hall–Kier alpha value is -1.36. The number of imidazole rings is 1. The van der Waals surface area contributed by atoms with Crippen molar-refractivity contribution in [3.63, 3.8) is 0 Å². The third kappa shape index (κ3) is 3.80. The van der Waals surface area contributed by atoms with E-state index in [1.165, 1.54) is 32.8 Å². The zero-order valence-electron chi connectivity index (χ0n) is 11.8. The first kappa shape index (κ1) is 14.1. The number of carbonyl (C=O) groups is 1. The van der Waals surface area contributed by atoms with Crippen LogP contribution in [0.2, 0.25) is 0 Å². The van der Waals surface area contributed by atoms with Gasteiger partial charge in [0.2, 0.25) is 0 Å². The van der Waals surface area contributed by atoms with Crippen LogP contribution in [0.4, 0.5) is 0 Å². The molecular formula is C14H23N3O2. The van der Waals surface area contributed by atoms with E-state index in [1.807, 2.05) is 24.0 Å². The molecule has 0 radical (unpaired) electrons. The molecule has 0 spiro atoms. The highest BCUT2D eigenvalue weighted by Crippen LogP contribution is 2.23. The lowest BCUT2D eigenvalue weighted by Gasteiger charge is -2.27. The van der Waals surface area contributed by atoms with Crippen LogP contribution in [0, 0.1) is 0 Å². The molecule has 1 fully saturated rings. The van der Waals surface area contributed by atoms with Crippen LogP contribution in [-0.4, -0.2) is 46.7 Å². The molecule has 0 saturated heterocycles. The highest BCUT2D eigenvalue weighted by atomic mass is 16.5. The number of rotatable bonds is 6. The van der Waals surface area contributed by atoms with Crippen molar-refractivity contribution in [2.24, 2.45) is 7.05 Å². The van der Waals surface area contributed by atoms with Crippen molar-refractivity contribution in [1.82, 2.24) is 14.5 Å². The molecule has 0 unspecified atom stereocenters. The third-order valence-electron chi connectivity index (χ3n) is 3.94. The quantitative estimate of drug-likeness (QED) is 0.729. The lowest BCUT2D eigenvalue weighted by Crippen LogP contribution is -2.39. The molecule has 0 atom stereocenters. The van der Waals surface area contributed by atoms with Gasteiger partial charge in [0.05, 0.1) is 13.7 Å². The minimum absolute atomic E-state index is 0.147. The molecule has 0 amide bonds. The maximum absolute atomic E-state index is 11.5. The van der Waals surface area contributed by atoms with Gasteiger partial charge < -0.3 is 9.30 Å². The standard InChI is InChI=1S/C14H23N3O2/c1-16-10-8-15-13(16)7-9-17(11-14(18)19-2)12-5-3-4-6-12/h8,10,12H,3-7,9,11H2,1-2H3. The number of nitrogens with zero attached hydrogens (tertiary/aromatic N) is 3. The van der Waals surface area contributed by atoms with Gasteiger partial charge in [-0.05, 0) is 12.8 Å². The van der Waals surface area contributed by atoms with Crippen molar-refractivity contribution in [2.75, 3.05) is 20.2 Å². The predicted molar refractivity (Wildman–Crippen MR) is 72.8 cm³/mol. The second kappa shape index (κ2) is 6.70. The Morgan fingerprint density at radius 3 is 2.84 bits per heavy atom. The van der Waals surface area contributed by atoms with E-state index in [1.54, 1.807) is 0 Å². The van der Waals surface area contributed by atoms with Gasteiger partial charge in [-0.25, -0.2) is 4.98 Å². The zero-order valence-corrected chi connectivity index (χ0v) is 11.8. The van der Waals surface area contributed by atoms with Crippen LogP contribution in [0.15, 0.2) is 12.4 Å². The van der Waals surface area contributed by atoms with Crippen molar-refractivity contribution in [1.29, 1.82) is 0 Å². The lowest BCUT2D eigenvalue weighted by atomic mass is 10.2. The van der Waals surface area contributed by atoms with Crippen LogP contribution in [0.5, 0.6) is 0 Å². The SMILES string of the molecule is COC(=O)CN(CCc1nccn1C)C1CCCC1. The second-order valence-corrected chi connectivity index (χ2v) is 5.19. The molecule has 19 heavy (non-hydrogen) atoms. The summed E-state index contributed by atoms with van der Waals surface area (Å²) in [7, 11) is 3.45.